The second-order valence-electron chi connectivity index (χ2n) is 5.72. The second-order valence-corrected chi connectivity index (χ2v) is 8.05. The van der Waals surface area contributed by atoms with Crippen LogP contribution in [0.2, 0.25) is 0 Å². The van der Waals surface area contributed by atoms with Gasteiger partial charge in [-0.3, -0.25) is 0 Å². The second kappa shape index (κ2) is 6.22. The highest BCUT2D eigenvalue weighted by molar-refractivity contribution is 7.92. The van der Waals surface area contributed by atoms with E-state index in [0.717, 1.165) is 25.1 Å². The third-order valence-electron chi connectivity index (χ3n) is 3.99. The highest BCUT2D eigenvalue weighted by Crippen LogP contribution is 2.24. The van der Waals surface area contributed by atoms with Crippen molar-refractivity contribution in [1.29, 1.82) is 0 Å². The Kier molecular flexibility index (Phi) is 4.80. The molecule has 0 radical (unpaired) electrons. The maximum absolute atomic E-state index is 12.2. The summed E-state index contributed by atoms with van der Waals surface area (Å²) in [6.07, 6.45) is 4.65. The molecule has 2 unspecified atom stereocenters. The minimum atomic E-state index is -2.99. The quantitative estimate of drug-likeness (QED) is 0.876. The van der Waals surface area contributed by atoms with E-state index in [1.807, 2.05) is 25.6 Å². The van der Waals surface area contributed by atoms with Gasteiger partial charge in [0.05, 0.1) is 11.0 Å². The first-order valence-electron chi connectivity index (χ1n) is 7.23. The van der Waals surface area contributed by atoms with Gasteiger partial charge in [-0.05, 0) is 33.7 Å². The molecule has 1 N–H and O–H groups in total. The fraction of sp³-hybridized carbons (Fsp3) is 0.846. The summed E-state index contributed by atoms with van der Waals surface area (Å²) < 4.78 is 26.4. The average molecular weight is 300 g/mol. The monoisotopic (exact) mass is 300 g/mol. The number of sulfone groups is 1. The fourth-order valence-electron chi connectivity index (χ4n) is 2.90. The molecule has 2 heterocycles. The minimum Gasteiger partial charge on any atom is -0.315 e. The molecule has 6 nitrogen and oxygen atoms in total. The Bertz CT molecular complexity index is 538. The van der Waals surface area contributed by atoms with Gasteiger partial charge in [-0.1, -0.05) is 6.42 Å². The van der Waals surface area contributed by atoms with Gasteiger partial charge in [-0.2, -0.15) is 5.10 Å². The first-order valence-corrected chi connectivity index (χ1v) is 8.94. The van der Waals surface area contributed by atoms with E-state index in [-0.39, 0.29) is 17.3 Å². The van der Waals surface area contributed by atoms with Crippen LogP contribution < -0.4 is 5.32 Å². The number of rotatable bonds is 5. The molecular weight excluding hydrogens is 276 g/mol. The van der Waals surface area contributed by atoms with Crippen molar-refractivity contribution in [3.05, 3.63) is 12.2 Å². The van der Waals surface area contributed by atoms with E-state index < -0.39 is 9.84 Å². The summed E-state index contributed by atoms with van der Waals surface area (Å²) in [6, 6.07) is 0.134. The number of hydrogen-bond acceptors (Lipinski definition) is 5. The molecule has 1 aromatic heterocycles. The third-order valence-corrected chi connectivity index (χ3v) is 6.33. The van der Waals surface area contributed by atoms with E-state index in [1.54, 1.807) is 0 Å². The van der Waals surface area contributed by atoms with E-state index in [1.165, 1.54) is 6.33 Å². The van der Waals surface area contributed by atoms with E-state index in [2.05, 4.69) is 15.4 Å². The van der Waals surface area contributed by atoms with Gasteiger partial charge in [0, 0.05) is 18.5 Å². The molecule has 1 aliphatic rings. The van der Waals surface area contributed by atoms with Gasteiger partial charge < -0.3 is 5.32 Å². The SMILES string of the molecule is CNC(Cc1ncnn1C(C)C)C1CCCCS1(=O)=O. The molecule has 114 valence electrons. The number of hydrogen-bond donors (Lipinski definition) is 1. The van der Waals surface area contributed by atoms with Crippen molar-refractivity contribution >= 4 is 9.84 Å². The summed E-state index contributed by atoms with van der Waals surface area (Å²) in [7, 11) is -1.17. The molecule has 1 saturated heterocycles. The Morgan fingerprint density at radius 1 is 1.45 bits per heavy atom. The summed E-state index contributed by atoms with van der Waals surface area (Å²) in [4.78, 5) is 4.28. The molecule has 1 aromatic rings. The van der Waals surface area contributed by atoms with Gasteiger partial charge in [-0.15, -0.1) is 0 Å². The van der Waals surface area contributed by atoms with Crippen molar-refractivity contribution in [2.75, 3.05) is 12.8 Å². The van der Waals surface area contributed by atoms with Crippen molar-refractivity contribution in [2.24, 2.45) is 0 Å². The summed E-state index contributed by atoms with van der Waals surface area (Å²) >= 11 is 0. The van der Waals surface area contributed by atoms with Crippen LogP contribution in [0, 0.1) is 0 Å². The highest BCUT2D eigenvalue weighted by atomic mass is 32.2. The fourth-order valence-corrected chi connectivity index (χ4v) is 5.07. The van der Waals surface area contributed by atoms with Gasteiger partial charge in [0.1, 0.15) is 12.2 Å². The standard InChI is InChI=1S/C13H24N4O2S/c1-10(2)17-13(15-9-16-17)8-11(14-3)12-6-4-5-7-20(12,18)19/h9-12,14H,4-8H2,1-3H3. The van der Waals surface area contributed by atoms with Crippen LogP contribution in [0.15, 0.2) is 6.33 Å². The molecule has 0 aromatic carbocycles. The van der Waals surface area contributed by atoms with Crippen LogP contribution in [0.4, 0.5) is 0 Å². The zero-order valence-electron chi connectivity index (χ0n) is 12.4. The van der Waals surface area contributed by atoms with Crippen molar-refractivity contribution in [2.45, 2.75) is 56.9 Å². The molecule has 2 rings (SSSR count). The number of likely N-dealkylation sites (N-methyl/N-ethyl adjacent to an activating group) is 1. The van der Waals surface area contributed by atoms with E-state index in [9.17, 15) is 8.42 Å². The van der Waals surface area contributed by atoms with E-state index >= 15 is 0 Å². The Balaban J connectivity index is 2.18. The van der Waals surface area contributed by atoms with Crippen molar-refractivity contribution in [3.8, 4) is 0 Å². The molecule has 0 saturated carbocycles. The van der Waals surface area contributed by atoms with E-state index in [0.29, 0.717) is 12.2 Å². The summed E-state index contributed by atoms with van der Waals surface area (Å²) in [6.45, 7) is 4.09. The number of aromatic nitrogens is 3. The van der Waals surface area contributed by atoms with Crippen LogP contribution in [0.1, 0.15) is 45.0 Å². The normalized spacial score (nSPS) is 23.9. The van der Waals surface area contributed by atoms with Crippen molar-refractivity contribution in [1.82, 2.24) is 20.1 Å². The molecule has 0 spiro atoms. The molecular formula is C13H24N4O2S. The van der Waals surface area contributed by atoms with Crippen LogP contribution in [0.3, 0.4) is 0 Å². The third kappa shape index (κ3) is 3.20. The first kappa shape index (κ1) is 15.4. The predicted molar refractivity (Wildman–Crippen MR) is 78.4 cm³/mol. The van der Waals surface area contributed by atoms with Gasteiger partial charge in [0.25, 0.3) is 0 Å². The lowest BCUT2D eigenvalue weighted by Crippen LogP contribution is -2.47. The van der Waals surface area contributed by atoms with Crippen LogP contribution >= 0.6 is 0 Å². The Morgan fingerprint density at radius 3 is 2.80 bits per heavy atom. The lowest BCUT2D eigenvalue weighted by atomic mass is 10.0. The highest BCUT2D eigenvalue weighted by Gasteiger charge is 2.35. The molecule has 0 amide bonds. The summed E-state index contributed by atoms with van der Waals surface area (Å²) in [5.41, 5.74) is 0. The Labute approximate surface area is 120 Å². The topological polar surface area (TPSA) is 76.9 Å². The van der Waals surface area contributed by atoms with Crippen LogP contribution in [-0.4, -0.2) is 47.3 Å². The Morgan fingerprint density at radius 2 is 2.20 bits per heavy atom. The lowest BCUT2D eigenvalue weighted by molar-refractivity contribution is 0.430. The maximum Gasteiger partial charge on any atom is 0.154 e. The van der Waals surface area contributed by atoms with Crippen LogP contribution in [0.5, 0.6) is 0 Å². The van der Waals surface area contributed by atoms with Crippen molar-refractivity contribution < 1.29 is 8.42 Å². The van der Waals surface area contributed by atoms with Crippen LogP contribution in [0.25, 0.3) is 0 Å². The minimum absolute atomic E-state index is 0.0954. The number of nitrogens with zero attached hydrogens (tertiary/aromatic N) is 3. The van der Waals surface area contributed by atoms with Gasteiger partial charge >= 0.3 is 0 Å². The first-order chi connectivity index (χ1) is 9.45. The zero-order valence-corrected chi connectivity index (χ0v) is 13.2. The Hall–Kier alpha value is -0.950. The van der Waals surface area contributed by atoms with Crippen molar-refractivity contribution in [3.63, 3.8) is 0 Å². The summed E-state index contributed by atoms with van der Waals surface area (Å²) in [5, 5.41) is 7.08. The maximum atomic E-state index is 12.2. The zero-order chi connectivity index (χ0) is 14.8. The smallest absolute Gasteiger partial charge is 0.154 e. The molecule has 0 aliphatic carbocycles. The molecule has 0 bridgehead atoms. The van der Waals surface area contributed by atoms with Gasteiger partial charge in [0.15, 0.2) is 9.84 Å². The molecule has 2 atom stereocenters. The van der Waals surface area contributed by atoms with Crippen LogP contribution in [-0.2, 0) is 16.3 Å². The van der Waals surface area contributed by atoms with Gasteiger partial charge in [0.2, 0.25) is 0 Å². The predicted octanol–water partition coefficient (Wildman–Crippen LogP) is 0.957. The summed E-state index contributed by atoms with van der Waals surface area (Å²) in [5.74, 6) is 1.16. The molecule has 1 fully saturated rings. The van der Waals surface area contributed by atoms with Gasteiger partial charge in [-0.25, -0.2) is 18.1 Å². The molecule has 7 heteroatoms. The molecule has 1 aliphatic heterocycles. The van der Waals surface area contributed by atoms with E-state index in [4.69, 9.17) is 0 Å². The largest absolute Gasteiger partial charge is 0.315 e. The number of nitrogens with one attached hydrogen (secondary N) is 1. The average Bonchev–Trinajstić information content (AvgIpc) is 2.84. The molecule has 20 heavy (non-hydrogen) atoms. The lowest BCUT2D eigenvalue weighted by Gasteiger charge is -2.29.